The molecule has 2 unspecified atom stereocenters. The number of amides is 1. The number of para-hydroxylation sites is 1. The van der Waals surface area contributed by atoms with E-state index in [1.807, 2.05) is 37.4 Å². The predicted octanol–water partition coefficient (Wildman–Crippen LogP) is 1.32. The molecule has 1 saturated heterocycles. The van der Waals surface area contributed by atoms with Gasteiger partial charge in [-0.15, -0.1) is 0 Å². The van der Waals surface area contributed by atoms with Gasteiger partial charge in [0.05, 0.1) is 6.54 Å². The first-order chi connectivity index (χ1) is 9.08. The predicted molar refractivity (Wildman–Crippen MR) is 78.0 cm³/mol. The molecule has 1 aliphatic rings. The number of carbonyl (C=O) groups is 1. The second-order valence-electron chi connectivity index (χ2n) is 5.45. The average Bonchev–Trinajstić information content (AvgIpc) is 2.43. The van der Waals surface area contributed by atoms with Gasteiger partial charge in [-0.1, -0.05) is 25.1 Å². The van der Waals surface area contributed by atoms with Crippen LogP contribution < -0.4 is 10.6 Å². The minimum Gasteiger partial charge on any atom is -0.327 e. The van der Waals surface area contributed by atoms with Crippen LogP contribution in [-0.2, 0) is 4.79 Å². The maximum absolute atomic E-state index is 12.3. The molecule has 1 heterocycles. The molecule has 2 rings (SSSR count). The highest BCUT2D eigenvalue weighted by atomic mass is 16.2. The molecular weight excluding hydrogens is 238 g/mol. The molecule has 1 aromatic carbocycles. The summed E-state index contributed by atoms with van der Waals surface area (Å²) in [6, 6.07) is 10.0. The third-order valence-corrected chi connectivity index (χ3v) is 3.93. The van der Waals surface area contributed by atoms with Gasteiger partial charge < -0.3 is 10.6 Å². The molecule has 2 N–H and O–H groups in total. The van der Waals surface area contributed by atoms with Crippen LogP contribution in [0.25, 0.3) is 0 Å². The van der Waals surface area contributed by atoms with Crippen molar-refractivity contribution in [2.24, 2.45) is 11.7 Å². The lowest BCUT2D eigenvalue weighted by Crippen LogP contribution is -2.49. The average molecular weight is 261 g/mol. The quantitative estimate of drug-likeness (QED) is 0.892. The van der Waals surface area contributed by atoms with Crippen LogP contribution in [0.5, 0.6) is 0 Å². The van der Waals surface area contributed by atoms with Crippen LogP contribution in [0.4, 0.5) is 5.69 Å². The summed E-state index contributed by atoms with van der Waals surface area (Å²) in [4.78, 5) is 16.2. The molecule has 0 radical (unpaired) electrons. The Kier molecular flexibility index (Phi) is 4.56. The van der Waals surface area contributed by atoms with Crippen molar-refractivity contribution in [1.82, 2.24) is 4.90 Å². The number of hydrogen-bond donors (Lipinski definition) is 1. The molecule has 1 aliphatic heterocycles. The maximum atomic E-state index is 12.3. The molecule has 1 aromatic rings. The van der Waals surface area contributed by atoms with Crippen LogP contribution in [0.3, 0.4) is 0 Å². The van der Waals surface area contributed by atoms with Crippen molar-refractivity contribution >= 4 is 11.6 Å². The standard InChI is InChI=1S/C15H23N3O/c1-12-10-18(9-8-14(12)16)11-15(19)17(2)13-6-4-3-5-7-13/h3-7,12,14H,8-11,16H2,1-2H3. The van der Waals surface area contributed by atoms with Crippen molar-refractivity contribution < 1.29 is 4.79 Å². The summed E-state index contributed by atoms with van der Waals surface area (Å²) >= 11 is 0. The molecule has 1 fully saturated rings. The van der Waals surface area contributed by atoms with Crippen LogP contribution in [0, 0.1) is 5.92 Å². The Balaban J connectivity index is 1.91. The maximum Gasteiger partial charge on any atom is 0.240 e. The zero-order chi connectivity index (χ0) is 13.8. The molecule has 104 valence electrons. The molecule has 0 spiro atoms. The SMILES string of the molecule is CC1CN(CC(=O)N(C)c2ccccc2)CCC1N. The van der Waals surface area contributed by atoms with Gasteiger partial charge in [0.2, 0.25) is 5.91 Å². The number of carbonyl (C=O) groups excluding carboxylic acids is 1. The number of piperidine rings is 1. The summed E-state index contributed by atoms with van der Waals surface area (Å²) in [5.74, 6) is 0.595. The normalized spacial score (nSPS) is 24.2. The fourth-order valence-electron chi connectivity index (χ4n) is 2.49. The molecule has 4 heteroatoms. The zero-order valence-electron chi connectivity index (χ0n) is 11.7. The summed E-state index contributed by atoms with van der Waals surface area (Å²) in [5.41, 5.74) is 6.94. The van der Waals surface area contributed by atoms with Gasteiger partial charge in [-0.3, -0.25) is 9.69 Å². The lowest BCUT2D eigenvalue weighted by atomic mass is 9.95. The van der Waals surface area contributed by atoms with Crippen LogP contribution in [-0.4, -0.2) is 43.5 Å². The first-order valence-corrected chi connectivity index (χ1v) is 6.87. The number of likely N-dealkylation sites (tertiary alicyclic amines) is 1. The largest absolute Gasteiger partial charge is 0.327 e. The number of nitrogens with zero attached hydrogens (tertiary/aromatic N) is 2. The van der Waals surface area contributed by atoms with Crippen molar-refractivity contribution in [1.29, 1.82) is 0 Å². The molecular formula is C15H23N3O. The van der Waals surface area contributed by atoms with Crippen molar-refractivity contribution in [2.45, 2.75) is 19.4 Å². The lowest BCUT2D eigenvalue weighted by Gasteiger charge is -2.35. The summed E-state index contributed by atoms with van der Waals surface area (Å²) in [5, 5.41) is 0. The first-order valence-electron chi connectivity index (χ1n) is 6.87. The Morgan fingerprint density at radius 2 is 2.11 bits per heavy atom. The van der Waals surface area contributed by atoms with Crippen molar-refractivity contribution in [3.63, 3.8) is 0 Å². The highest BCUT2D eigenvalue weighted by Crippen LogP contribution is 2.16. The molecule has 0 aromatic heterocycles. The van der Waals surface area contributed by atoms with Crippen molar-refractivity contribution in [3.8, 4) is 0 Å². The van der Waals surface area contributed by atoms with Gasteiger partial charge in [0.25, 0.3) is 0 Å². The summed E-state index contributed by atoms with van der Waals surface area (Å²) in [7, 11) is 1.83. The molecule has 0 aliphatic carbocycles. The highest BCUT2D eigenvalue weighted by molar-refractivity contribution is 5.94. The zero-order valence-corrected chi connectivity index (χ0v) is 11.7. The Morgan fingerprint density at radius 3 is 2.74 bits per heavy atom. The van der Waals surface area contributed by atoms with Crippen molar-refractivity contribution in [2.75, 3.05) is 31.6 Å². The fourth-order valence-corrected chi connectivity index (χ4v) is 2.49. The third kappa shape index (κ3) is 3.55. The van der Waals surface area contributed by atoms with Gasteiger partial charge in [0.1, 0.15) is 0 Å². The van der Waals surface area contributed by atoms with Crippen LogP contribution in [0.15, 0.2) is 30.3 Å². The van der Waals surface area contributed by atoms with Gasteiger partial charge in [-0.05, 0) is 24.5 Å². The number of likely N-dealkylation sites (N-methyl/N-ethyl adjacent to an activating group) is 1. The smallest absolute Gasteiger partial charge is 0.240 e. The lowest BCUT2D eigenvalue weighted by molar-refractivity contribution is -0.119. The van der Waals surface area contributed by atoms with E-state index in [1.165, 1.54) is 0 Å². The van der Waals surface area contributed by atoms with Crippen LogP contribution in [0.1, 0.15) is 13.3 Å². The molecule has 0 bridgehead atoms. The van der Waals surface area contributed by atoms with Gasteiger partial charge >= 0.3 is 0 Å². The fraction of sp³-hybridized carbons (Fsp3) is 0.533. The molecule has 19 heavy (non-hydrogen) atoms. The second-order valence-corrected chi connectivity index (χ2v) is 5.45. The molecule has 1 amide bonds. The third-order valence-electron chi connectivity index (χ3n) is 3.93. The monoisotopic (exact) mass is 261 g/mol. The minimum absolute atomic E-state index is 0.133. The number of nitrogens with two attached hydrogens (primary N) is 1. The second kappa shape index (κ2) is 6.17. The van der Waals surface area contributed by atoms with Gasteiger partial charge in [-0.2, -0.15) is 0 Å². The van der Waals surface area contributed by atoms with Crippen LogP contribution in [0.2, 0.25) is 0 Å². The Hall–Kier alpha value is -1.39. The summed E-state index contributed by atoms with van der Waals surface area (Å²) < 4.78 is 0. The minimum atomic E-state index is 0.133. The number of anilines is 1. The van der Waals surface area contributed by atoms with Crippen LogP contribution >= 0.6 is 0 Å². The number of rotatable bonds is 3. The Bertz CT molecular complexity index is 421. The number of benzene rings is 1. The highest BCUT2D eigenvalue weighted by Gasteiger charge is 2.25. The number of hydrogen-bond acceptors (Lipinski definition) is 3. The molecule has 0 saturated carbocycles. The van der Waals surface area contributed by atoms with Crippen molar-refractivity contribution in [3.05, 3.63) is 30.3 Å². The Morgan fingerprint density at radius 1 is 1.42 bits per heavy atom. The van der Waals surface area contributed by atoms with E-state index in [-0.39, 0.29) is 11.9 Å². The van der Waals surface area contributed by atoms with E-state index in [2.05, 4.69) is 11.8 Å². The molecule has 4 nitrogen and oxygen atoms in total. The van der Waals surface area contributed by atoms with E-state index in [1.54, 1.807) is 4.90 Å². The van der Waals surface area contributed by atoms with Gasteiger partial charge in [0.15, 0.2) is 0 Å². The summed E-state index contributed by atoms with van der Waals surface area (Å²) in [6.45, 7) is 4.46. The van der Waals surface area contributed by atoms with E-state index in [0.717, 1.165) is 25.2 Å². The topological polar surface area (TPSA) is 49.6 Å². The Labute approximate surface area is 115 Å². The van der Waals surface area contributed by atoms with Gasteiger partial charge in [0, 0.05) is 31.9 Å². The summed E-state index contributed by atoms with van der Waals surface area (Å²) in [6.07, 6.45) is 0.976. The molecule has 2 atom stereocenters. The van der Waals surface area contributed by atoms with E-state index >= 15 is 0 Å². The van der Waals surface area contributed by atoms with E-state index in [9.17, 15) is 4.79 Å². The first kappa shape index (κ1) is 14.0. The van der Waals surface area contributed by atoms with Gasteiger partial charge in [-0.25, -0.2) is 0 Å². The van der Waals surface area contributed by atoms with E-state index in [4.69, 9.17) is 5.73 Å². The van der Waals surface area contributed by atoms with E-state index < -0.39 is 0 Å². The van der Waals surface area contributed by atoms with E-state index in [0.29, 0.717) is 12.5 Å².